The van der Waals surface area contributed by atoms with Crippen LogP contribution in [-0.4, -0.2) is 76.4 Å². The van der Waals surface area contributed by atoms with Gasteiger partial charge in [-0.25, -0.2) is 0 Å². The number of nitrogens with one attached hydrogen (secondary N) is 2. The molecule has 0 bridgehead atoms. The lowest BCUT2D eigenvalue weighted by Gasteiger charge is -2.39. The second-order valence-corrected chi connectivity index (χ2v) is 8.20. The molecule has 1 saturated heterocycles. The van der Waals surface area contributed by atoms with Crippen LogP contribution in [0, 0.1) is 0 Å². The van der Waals surface area contributed by atoms with E-state index < -0.39 is 0 Å². The number of aryl methyl sites for hydroxylation is 1. The van der Waals surface area contributed by atoms with E-state index >= 15 is 0 Å². The van der Waals surface area contributed by atoms with Gasteiger partial charge in [-0.2, -0.15) is 0 Å². The molecule has 28 heavy (non-hydrogen) atoms. The van der Waals surface area contributed by atoms with Crippen LogP contribution in [0.4, 0.5) is 5.69 Å². The molecule has 2 N–H and O–H groups in total. The molecule has 0 radical (unpaired) electrons. The highest BCUT2D eigenvalue weighted by Gasteiger charge is 2.28. The van der Waals surface area contributed by atoms with Crippen LogP contribution in [0.2, 0.25) is 0 Å². The smallest absolute Gasteiger partial charge is 0.191 e. The van der Waals surface area contributed by atoms with E-state index in [2.05, 4.69) is 79.6 Å². The Labute approximate surface area is 171 Å². The standard InChI is InChI=1S/C22H39N5O/c1-6-23-21(25-18-22(2,3)27-14-16-28-17-15-27)24-13-7-8-19-9-11-20(12-10-19)26(4)5/h9-12H,6-8,13-18H2,1-5H3,(H2,23,24,25). The number of nitrogens with zero attached hydrogens (tertiary/aromatic N) is 3. The molecule has 2 rings (SSSR count). The summed E-state index contributed by atoms with van der Waals surface area (Å²) >= 11 is 0. The predicted octanol–water partition coefficient (Wildman–Crippen LogP) is 2.35. The first-order valence-corrected chi connectivity index (χ1v) is 10.5. The number of guanidine groups is 1. The Morgan fingerprint density at radius 1 is 1.14 bits per heavy atom. The fraction of sp³-hybridized carbons (Fsp3) is 0.682. The van der Waals surface area contributed by atoms with E-state index in [4.69, 9.17) is 9.73 Å². The van der Waals surface area contributed by atoms with Gasteiger partial charge in [0.05, 0.1) is 19.8 Å². The molecule has 0 saturated carbocycles. The Morgan fingerprint density at radius 2 is 1.82 bits per heavy atom. The minimum atomic E-state index is 0.0420. The summed E-state index contributed by atoms with van der Waals surface area (Å²) in [5.74, 6) is 0.909. The average molecular weight is 390 g/mol. The van der Waals surface area contributed by atoms with Crippen LogP contribution in [0.25, 0.3) is 0 Å². The molecule has 0 atom stereocenters. The van der Waals surface area contributed by atoms with Crippen molar-refractivity contribution < 1.29 is 4.74 Å². The zero-order valence-corrected chi connectivity index (χ0v) is 18.4. The molecular formula is C22H39N5O. The highest BCUT2D eigenvalue weighted by atomic mass is 16.5. The summed E-state index contributed by atoms with van der Waals surface area (Å²) in [7, 11) is 4.14. The minimum absolute atomic E-state index is 0.0420. The van der Waals surface area contributed by atoms with Crippen LogP contribution < -0.4 is 15.5 Å². The summed E-state index contributed by atoms with van der Waals surface area (Å²) < 4.78 is 5.47. The third-order valence-corrected chi connectivity index (χ3v) is 5.22. The molecule has 1 aromatic carbocycles. The molecular weight excluding hydrogens is 350 g/mol. The van der Waals surface area contributed by atoms with Crippen LogP contribution in [0.3, 0.4) is 0 Å². The molecule has 1 fully saturated rings. The number of aliphatic imine (C=N–C) groups is 1. The van der Waals surface area contributed by atoms with Gasteiger partial charge in [0.15, 0.2) is 5.96 Å². The number of rotatable bonds is 9. The van der Waals surface area contributed by atoms with Crippen LogP contribution in [-0.2, 0) is 11.2 Å². The summed E-state index contributed by atoms with van der Waals surface area (Å²) in [5.41, 5.74) is 2.66. The van der Waals surface area contributed by atoms with E-state index in [-0.39, 0.29) is 5.54 Å². The van der Waals surface area contributed by atoms with Crippen LogP contribution >= 0.6 is 0 Å². The van der Waals surface area contributed by atoms with E-state index in [1.165, 1.54) is 11.3 Å². The molecule has 1 heterocycles. The number of hydrogen-bond acceptors (Lipinski definition) is 4. The summed E-state index contributed by atoms with van der Waals surface area (Å²) in [6.07, 6.45) is 2.15. The molecule has 1 aliphatic rings. The summed E-state index contributed by atoms with van der Waals surface area (Å²) in [6.45, 7) is 12.8. The first-order chi connectivity index (χ1) is 13.4. The molecule has 0 unspecified atom stereocenters. The largest absolute Gasteiger partial charge is 0.379 e. The molecule has 0 spiro atoms. The lowest BCUT2D eigenvalue weighted by Crippen LogP contribution is -2.52. The molecule has 1 aromatic rings. The third-order valence-electron chi connectivity index (χ3n) is 5.22. The van der Waals surface area contributed by atoms with Crippen molar-refractivity contribution in [3.8, 4) is 0 Å². The highest BCUT2D eigenvalue weighted by molar-refractivity contribution is 5.79. The van der Waals surface area contributed by atoms with Gasteiger partial charge in [-0.05, 0) is 51.3 Å². The predicted molar refractivity (Wildman–Crippen MR) is 120 cm³/mol. The summed E-state index contributed by atoms with van der Waals surface area (Å²) in [5, 5.41) is 6.85. The van der Waals surface area contributed by atoms with E-state index in [1.807, 2.05) is 0 Å². The average Bonchev–Trinajstić information content (AvgIpc) is 2.70. The topological polar surface area (TPSA) is 52.1 Å². The van der Waals surface area contributed by atoms with Gasteiger partial charge in [0, 0.05) is 51.5 Å². The highest BCUT2D eigenvalue weighted by Crippen LogP contribution is 2.16. The first kappa shape index (κ1) is 22.5. The number of benzene rings is 1. The van der Waals surface area contributed by atoms with Gasteiger partial charge in [0.25, 0.3) is 0 Å². The molecule has 1 aliphatic heterocycles. The first-order valence-electron chi connectivity index (χ1n) is 10.5. The van der Waals surface area contributed by atoms with Crippen LogP contribution in [0.1, 0.15) is 32.8 Å². The normalized spacial score (nSPS) is 16.1. The fourth-order valence-electron chi connectivity index (χ4n) is 3.34. The number of morpholine rings is 1. The van der Waals surface area contributed by atoms with E-state index in [9.17, 15) is 0 Å². The van der Waals surface area contributed by atoms with E-state index in [1.54, 1.807) is 0 Å². The minimum Gasteiger partial charge on any atom is -0.379 e. The van der Waals surface area contributed by atoms with Gasteiger partial charge in [-0.15, -0.1) is 0 Å². The SMILES string of the molecule is CCNC(=NCC(C)(C)N1CCOCC1)NCCCc1ccc(N(C)C)cc1. The monoisotopic (exact) mass is 389 g/mol. The zero-order valence-electron chi connectivity index (χ0n) is 18.4. The van der Waals surface area contributed by atoms with Crippen molar-refractivity contribution in [1.82, 2.24) is 15.5 Å². The lowest BCUT2D eigenvalue weighted by atomic mass is 10.0. The van der Waals surface area contributed by atoms with E-state index in [0.29, 0.717) is 0 Å². The summed E-state index contributed by atoms with van der Waals surface area (Å²) in [4.78, 5) is 9.44. The quantitative estimate of drug-likeness (QED) is 0.386. The van der Waals surface area contributed by atoms with Crippen molar-refractivity contribution in [2.24, 2.45) is 4.99 Å². The van der Waals surface area contributed by atoms with Crippen LogP contribution in [0.5, 0.6) is 0 Å². The number of hydrogen-bond donors (Lipinski definition) is 2. The van der Waals surface area contributed by atoms with Crippen molar-refractivity contribution in [3.63, 3.8) is 0 Å². The number of ether oxygens (including phenoxy) is 1. The maximum absolute atomic E-state index is 5.47. The Morgan fingerprint density at radius 3 is 2.43 bits per heavy atom. The maximum atomic E-state index is 5.47. The Kier molecular flexibility index (Phi) is 9.06. The van der Waals surface area contributed by atoms with Gasteiger partial charge in [-0.3, -0.25) is 9.89 Å². The molecule has 0 amide bonds. The van der Waals surface area contributed by atoms with Crippen molar-refractivity contribution in [1.29, 1.82) is 0 Å². The van der Waals surface area contributed by atoms with Gasteiger partial charge in [0.2, 0.25) is 0 Å². The molecule has 0 aromatic heterocycles. The number of anilines is 1. The van der Waals surface area contributed by atoms with E-state index in [0.717, 1.165) is 64.7 Å². The van der Waals surface area contributed by atoms with Crippen molar-refractivity contribution >= 4 is 11.6 Å². The van der Waals surface area contributed by atoms with Crippen LogP contribution in [0.15, 0.2) is 29.3 Å². The van der Waals surface area contributed by atoms with Gasteiger partial charge in [-0.1, -0.05) is 12.1 Å². The summed E-state index contributed by atoms with van der Waals surface area (Å²) in [6, 6.07) is 8.81. The fourth-order valence-corrected chi connectivity index (χ4v) is 3.34. The van der Waals surface area contributed by atoms with Crippen molar-refractivity contribution in [2.45, 2.75) is 39.2 Å². The van der Waals surface area contributed by atoms with Gasteiger partial charge < -0.3 is 20.3 Å². The molecule has 6 nitrogen and oxygen atoms in total. The Hall–Kier alpha value is -1.79. The van der Waals surface area contributed by atoms with Crippen molar-refractivity contribution in [2.75, 3.05) is 64.9 Å². The van der Waals surface area contributed by atoms with Gasteiger partial charge >= 0.3 is 0 Å². The molecule has 158 valence electrons. The lowest BCUT2D eigenvalue weighted by molar-refractivity contribution is -0.00683. The molecule has 6 heteroatoms. The van der Waals surface area contributed by atoms with Crippen molar-refractivity contribution in [3.05, 3.63) is 29.8 Å². The second-order valence-electron chi connectivity index (χ2n) is 8.20. The Bertz CT molecular complexity index is 591. The maximum Gasteiger partial charge on any atom is 0.191 e. The van der Waals surface area contributed by atoms with Gasteiger partial charge in [0.1, 0.15) is 0 Å². The third kappa shape index (κ3) is 7.32. The second kappa shape index (κ2) is 11.3. The zero-order chi connectivity index (χ0) is 20.4. The Balaban J connectivity index is 1.78. The molecule has 0 aliphatic carbocycles.